The van der Waals surface area contributed by atoms with Crippen LogP contribution in [-0.4, -0.2) is 30.4 Å². The number of aliphatic hydroxyl groups is 1. The van der Waals surface area contributed by atoms with E-state index in [1.807, 2.05) is 12.1 Å². The van der Waals surface area contributed by atoms with Gasteiger partial charge in [0.1, 0.15) is 5.75 Å². The molecule has 1 aromatic rings. The molecule has 0 amide bonds. The molecule has 18 heavy (non-hydrogen) atoms. The monoisotopic (exact) mass is 247 g/mol. The highest BCUT2D eigenvalue weighted by molar-refractivity contribution is 5.31. The molecule has 0 aromatic heterocycles. The largest absolute Gasteiger partial charge is 0.497 e. The first-order valence-electron chi connectivity index (χ1n) is 6.82. The van der Waals surface area contributed by atoms with E-state index in [-0.39, 0.29) is 6.10 Å². The Bertz CT molecular complexity index is 391. The molecule has 0 bridgehead atoms. The quantitative estimate of drug-likeness (QED) is 0.855. The van der Waals surface area contributed by atoms with Gasteiger partial charge in [-0.05, 0) is 49.3 Å². The molecule has 0 heterocycles. The Kier molecular flexibility index (Phi) is 3.27. The average Bonchev–Trinajstić information content (AvgIpc) is 2.31. The Hall–Kier alpha value is -1.06. The standard InChI is InChI=1S/C15H21NO2/c1-18-15-4-2-10(3-5-15)11-6-12(7-11)16-13-8-14(17)9-13/h2-5,11-14,16-17H,6-9H2,1H3. The van der Waals surface area contributed by atoms with Crippen molar-refractivity contribution in [2.45, 2.75) is 49.8 Å². The number of methoxy groups -OCH3 is 1. The molecule has 0 saturated heterocycles. The fourth-order valence-electron chi connectivity index (χ4n) is 2.96. The van der Waals surface area contributed by atoms with E-state index >= 15 is 0 Å². The van der Waals surface area contributed by atoms with E-state index in [1.54, 1.807) is 7.11 Å². The molecule has 0 radical (unpaired) electrons. The number of rotatable bonds is 4. The zero-order valence-corrected chi connectivity index (χ0v) is 10.8. The van der Waals surface area contributed by atoms with Gasteiger partial charge in [0.05, 0.1) is 13.2 Å². The van der Waals surface area contributed by atoms with Crippen molar-refractivity contribution in [2.75, 3.05) is 7.11 Å². The maximum absolute atomic E-state index is 9.25. The molecule has 2 N–H and O–H groups in total. The third-order valence-electron chi connectivity index (χ3n) is 4.31. The molecular weight excluding hydrogens is 226 g/mol. The van der Waals surface area contributed by atoms with Crippen LogP contribution in [0.25, 0.3) is 0 Å². The van der Waals surface area contributed by atoms with Crippen LogP contribution in [0, 0.1) is 0 Å². The summed E-state index contributed by atoms with van der Waals surface area (Å²) in [7, 11) is 1.70. The molecule has 0 spiro atoms. The molecule has 0 atom stereocenters. The van der Waals surface area contributed by atoms with Gasteiger partial charge < -0.3 is 15.2 Å². The van der Waals surface area contributed by atoms with Gasteiger partial charge in [-0.3, -0.25) is 0 Å². The van der Waals surface area contributed by atoms with Crippen LogP contribution in [-0.2, 0) is 0 Å². The summed E-state index contributed by atoms with van der Waals surface area (Å²) in [4.78, 5) is 0. The Morgan fingerprint density at radius 3 is 2.22 bits per heavy atom. The summed E-state index contributed by atoms with van der Waals surface area (Å²) in [6, 6.07) is 9.63. The van der Waals surface area contributed by atoms with E-state index in [0.717, 1.165) is 18.6 Å². The van der Waals surface area contributed by atoms with Crippen LogP contribution in [0.1, 0.15) is 37.2 Å². The second-order valence-electron chi connectivity index (χ2n) is 5.63. The highest BCUT2D eigenvalue weighted by Gasteiger charge is 2.35. The molecule has 2 aliphatic carbocycles. The number of hydrogen-bond acceptors (Lipinski definition) is 3. The second-order valence-corrected chi connectivity index (χ2v) is 5.63. The van der Waals surface area contributed by atoms with Gasteiger partial charge in [0.2, 0.25) is 0 Å². The van der Waals surface area contributed by atoms with E-state index in [9.17, 15) is 5.11 Å². The lowest BCUT2D eigenvalue weighted by Crippen LogP contribution is -2.52. The summed E-state index contributed by atoms with van der Waals surface area (Å²) in [6.07, 6.45) is 4.26. The lowest BCUT2D eigenvalue weighted by atomic mass is 9.74. The summed E-state index contributed by atoms with van der Waals surface area (Å²) >= 11 is 0. The number of aliphatic hydroxyl groups excluding tert-OH is 1. The van der Waals surface area contributed by atoms with E-state index < -0.39 is 0 Å². The average molecular weight is 247 g/mol. The van der Waals surface area contributed by atoms with Crippen molar-refractivity contribution < 1.29 is 9.84 Å². The van der Waals surface area contributed by atoms with Crippen molar-refractivity contribution in [3.63, 3.8) is 0 Å². The van der Waals surface area contributed by atoms with Gasteiger partial charge in [0.15, 0.2) is 0 Å². The predicted octanol–water partition coefficient (Wildman–Crippen LogP) is 2.05. The van der Waals surface area contributed by atoms with Gasteiger partial charge in [0.25, 0.3) is 0 Å². The topological polar surface area (TPSA) is 41.5 Å². The molecule has 2 saturated carbocycles. The first kappa shape index (κ1) is 12.0. The zero-order chi connectivity index (χ0) is 12.5. The maximum Gasteiger partial charge on any atom is 0.118 e. The molecule has 1 aromatic carbocycles. The van der Waals surface area contributed by atoms with Crippen molar-refractivity contribution in [2.24, 2.45) is 0 Å². The van der Waals surface area contributed by atoms with Gasteiger partial charge >= 0.3 is 0 Å². The van der Waals surface area contributed by atoms with Crippen LogP contribution in [0.4, 0.5) is 0 Å². The molecule has 3 heteroatoms. The van der Waals surface area contributed by atoms with E-state index in [0.29, 0.717) is 18.0 Å². The fraction of sp³-hybridized carbons (Fsp3) is 0.600. The Balaban J connectivity index is 1.46. The summed E-state index contributed by atoms with van der Waals surface area (Å²) in [5.41, 5.74) is 1.42. The summed E-state index contributed by atoms with van der Waals surface area (Å²) in [6.45, 7) is 0. The van der Waals surface area contributed by atoms with Gasteiger partial charge in [-0.25, -0.2) is 0 Å². The van der Waals surface area contributed by atoms with Crippen molar-refractivity contribution in [3.8, 4) is 5.75 Å². The SMILES string of the molecule is COc1ccc(C2CC(NC3CC(O)C3)C2)cc1. The van der Waals surface area contributed by atoms with Crippen molar-refractivity contribution in [1.82, 2.24) is 5.32 Å². The molecule has 98 valence electrons. The minimum Gasteiger partial charge on any atom is -0.497 e. The summed E-state index contributed by atoms with van der Waals surface area (Å²) in [5, 5.41) is 12.9. The van der Waals surface area contributed by atoms with Crippen LogP contribution in [0.5, 0.6) is 5.75 Å². The third-order valence-corrected chi connectivity index (χ3v) is 4.31. The minimum atomic E-state index is -0.0556. The highest BCUT2D eigenvalue weighted by atomic mass is 16.5. The van der Waals surface area contributed by atoms with E-state index in [2.05, 4.69) is 17.4 Å². The smallest absolute Gasteiger partial charge is 0.118 e. The van der Waals surface area contributed by atoms with E-state index in [1.165, 1.54) is 18.4 Å². The van der Waals surface area contributed by atoms with Crippen LogP contribution in [0.2, 0.25) is 0 Å². The van der Waals surface area contributed by atoms with Gasteiger partial charge in [-0.1, -0.05) is 12.1 Å². The zero-order valence-electron chi connectivity index (χ0n) is 10.8. The predicted molar refractivity (Wildman–Crippen MR) is 70.9 cm³/mol. The van der Waals surface area contributed by atoms with Crippen molar-refractivity contribution >= 4 is 0 Å². The Morgan fingerprint density at radius 1 is 1.06 bits per heavy atom. The van der Waals surface area contributed by atoms with Gasteiger partial charge in [-0.15, -0.1) is 0 Å². The number of hydrogen-bond donors (Lipinski definition) is 2. The normalized spacial score (nSPS) is 34.6. The molecular formula is C15H21NO2. The van der Waals surface area contributed by atoms with Crippen LogP contribution >= 0.6 is 0 Å². The summed E-state index contributed by atoms with van der Waals surface area (Å²) < 4.78 is 5.17. The van der Waals surface area contributed by atoms with Crippen LogP contribution < -0.4 is 10.1 Å². The number of benzene rings is 1. The molecule has 3 rings (SSSR count). The van der Waals surface area contributed by atoms with E-state index in [4.69, 9.17) is 4.74 Å². The first-order chi connectivity index (χ1) is 8.74. The first-order valence-corrected chi connectivity index (χ1v) is 6.82. The van der Waals surface area contributed by atoms with Crippen LogP contribution in [0.15, 0.2) is 24.3 Å². The second kappa shape index (κ2) is 4.90. The maximum atomic E-state index is 9.25. The molecule has 0 aliphatic heterocycles. The number of ether oxygens (including phenoxy) is 1. The van der Waals surface area contributed by atoms with Gasteiger partial charge in [0, 0.05) is 12.1 Å². The highest BCUT2D eigenvalue weighted by Crippen LogP contribution is 2.38. The Morgan fingerprint density at radius 2 is 1.67 bits per heavy atom. The molecule has 2 aliphatic rings. The molecule has 3 nitrogen and oxygen atoms in total. The fourth-order valence-corrected chi connectivity index (χ4v) is 2.96. The molecule has 2 fully saturated rings. The number of nitrogens with one attached hydrogen (secondary N) is 1. The van der Waals surface area contributed by atoms with Gasteiger partial charge in [-0.2, -0.15) is 0 Å². The van der Waals surface area contributed by atoms with Crippen LogP contribution in [0.3, 0.4) is 0 Å². The lowest BCUT2D eigenvalue weighted by molar-refractivity contribution is 0.0506. The van der Waals surface area contributed by atoms with Crippen molar-refractivity contribution in [3.05, 3.63) is 29.8 Å². The lowest BCUT2D eigenvalue weighted by Gasteiger charge is -2.42. The third kappa shape index (κ3) is 2.38. The summed E-state index contributed by atoms with van der Waals surface area (Å²) in [5.74, 6) is 1.62. The Labute approximate surface area is 108 Å². The minimum absolute atomic E-state index is 0.0556. The van der Waals surface area contributed by atoms with Crippen molar-refractivity contribution in [1.29, 1.82) is 0 Å². The molecule has 0 unspecified atom stereocenters.